The van der Waals surface area contributed by atoms with Crippen molar-refractivity contribution in [2.75, 3.05) is 36.8 Å². The van der Waals surface area contributed by atoms with Gasteiger partial charge in [0.15, 0.2) is 29.1 Å². The van der Waals surface area contributed by atoms with Gasteiger partial charge >= 0.3 is 0 Å². The molecule has 0 amide bonds. The van der Waals surface area contributed by atoms with Crippen LogP contribution in [0, 0.1) is 0 Å². The first-order valence-corrected chi connectivity index (χ1v) is 10.2. The average Bonchev–Trinajstić information content (AvgIpc) is 3.27. The Morgan fingerprint density at radius 1 is 0.788 bits per heavy atom. The van der Waals surface area contributed by atoms with Gasteiger partial charge in [0, 0.05) is 29.6 Å². The van der Waals surface area contributed by atoms with Crippen LogP contribution in [0.4, 0.5) is 11.4 Å². The van der Waals surface area contributed by atoms with Crippen molar-refractivity contribution in [3.8, 4) is 0 Å². The molecule has 4 rings (SSSR count). The average molecular weight is 448 g/mol. The van der Waals surface area contributed by atoms with Gasteiger partial charge in [-0.1, -0.05) is 24.3 Å². The number of hydrogen-bond donors (Lipinski definition) is 6. The van der Waals surface area contributed by atoms with Crippen molar-refractivity contribution < 1.29 is 14.0 Å². The number of guanidine groups is 2. The zero-order chi connectivity index (χ0) is 23.5. The highest BCUT2D eigenvalue weighted by Crippen LogP contribution is 2.43. The first-order chi connectivity index (χ1) is 15.9. The van der Waals surface area contributed by atoms with E-state index < -0.39 is 0 Å². The minimum atomic E-state index is -0.282. The Kier molecular flexibility index (Phi) is 5.85. The number of anilines is 2. The molecular weight excluding hydrogens is 424 g/mol. The molecule has 10 N–H and O–H groups in total. The highest BCUT2D eigenvalue weighted by atomic mass is 16.3. The summed E-state index contributed by atoms with van der Waals surface area (Å²) < 4.78 is 5.73. The largest absolute Gasteiger partial charge is 0.462 e. The number of carbonyl (C=O) groups excluding carboxylic acids is 2. The highest BCUT2D eigenvalue weighted by molar-refractivity contribution is 6.34. The Morgan fingerprint density at radius 3 is 1.85 bits per heavy atom. The van der Waals surface area contributed by atoms with Crippen LogP contribution in [0.3, 0.4) is 0 Å². The van der Waals surface area contributed by atoms with E-state index in [2.05, 4.69) is 20.6 Å². The predicted molar refractivity (Wildman–Crippen MR) is 128 cm³/mol. The van der Waals surface area contributed by atoms with Crippen molar-refractivity contribution in [3.05, 3.63) is 58.8 Å². The zero-order valence-electron chi connectivity index (χ0n) is 17.7. The van der Waals surface area contributed by atoms with Crippen LogP contribution < -0.4 is 33.6 Å². The van der Waals surface area contributed by atoms with Crippen molar-refractivity contribution in [2.24, 2.45) is 32.9 Å². The van der Waals surface area contributed by atoms with E-state index in [1.165, 1.54) is 6.26 Å². The molecule has 1 aromatic heterocycles. The lowest BCUT2D eigenvalue weighted by molar-refractivity contribution is 0.0980. The minimum Gasteiger partial charge on any atom is -0.462 e. The lowest BCUT2D eigenvalue weighted by Gasteiger charge is -2.24. The fourth-order valence-electron chi connectivity index (χ4n) is 3.88. The summed E-state index contributed by atoms with van der Waals surface area (Å²) >= 11 is 0. The molecule has 0 fully saturated rings. The lowest BCUT2D eigenvalue weighted by atomic mass is 9.81. The Hall–Kier alpha value is -4.54. The fraction of sp³-hybridized carbons (Fsp3) is 0.182. The van der Waals surface area contributed by atoms with Crippen LogP contribution >= 0.6 is 0 Å². The Balaban J connectivity index is 1.86. The number of carbonyl (C=O) groups is 2. The van der Waals surface area contributed by atoms with Crippen LogP contribution in [0.25, 0.3) is 11.0 Å². The van der Waals surface area contributed by atoms with Crippen LogP contribution in [0.15, 0.2) is 51.0 Å². The second kappa shape index (κ2) is 8.91. The SMILES string of the molecule is NC(N)=NCCNc1c2c(c(NCCN=C(N)N)c3occc13)C(=O)c1ccccc1C2=O. The molecule has 170 valence electrons. The molecule has 0 saturated carbocycles. The zero-order valence-corrected chi connectivity index (χ0v) is 17.7. The van der Waals surface area contributed by atoms with Crippen molar-refractivity contribution in [1.82, 2.24) is 0 Å². The third kappa shape index (κ3) is 4.03. The van der Waals surface area contributed by atoms with Gasteiger partial charge in [-0.25, -0.2) is 0 Å². The number of fused-ring (bicyclic) bond motifs is 3. The van der Waals surface area contributed by atoms with E-state index in [9.17, 15) is 9.59 Å². The van der Waals surface area contributed by atoms with Crippen LogP contribution in [-0.2, 0) is 0 Å². The summed E-state index contributed by atoms with van der Waals surface area (Å²) in [6.07, 6.45) is 1.50. The molecule has 11 heteroatoms. The van der Waals surface area contributed by atoms with E-state index >= 15 is 0 Å². The molecule has 0 unspecified atom stereocenters. The Labute approximate surface area is 188 Å². The molecule has 1 aliphatic rings. The molecule has 0 bridgehead atoms. The molecule has 1 aliphatic carbocycles. The summed E-state index contributed by atoms with van der Waals surface area (Å²) in [5.41, 5.74) is 24.1. The topological polar surface area (TPSA) is 200 Å². The van der Waals surface area contributed by atoms with Crippen LogP contribution in [-0.4, -0.2) is 49.7 Å². The third-order valence-electron chi connectivity index (χ3n) is 5.20. The maximum atomic E-state index is 13.6. The van der Waals surface area contributed by atoms with E-state index in [-0.39, 0.29) is 47.7 Å². The number of nitrogens with zero attached hydrogens (tertiary/aromatic N) is 2. The van der Waals surface area contributed by atoms with Gasteiger partial charge in [0.25, 0.3) is 0 Å². The Bertz CT molecular complexity index is 1200. The molecule has 3 aromatic rings. The summed E-state index contributed by atoms with van der Waals surface area (Å²) in [5.74, 6) is -0.620. The summed E-state index contributed by atoms with van der Waals surface area (Å²) in [6.45, 7) is 1.22. The molecule has 0 spiro atoms. The van der Waals surface area contributed by atoms with E-state index in [1.807, 2.05) is 0 Å². The number of ketones is 2. The normalized spacial score (nSPS) is 12.1. The molecule has 33 heavy (non-hydrogen) atoms. The van der Waals surface area contributed by atoms with E-state index in [0.29, 0.717) is 46.6 Å². The van der Waals surface area contributed by atoms with Gasteiger partial charge < -0.3 is 38.0 Å². The van der Waals surface area contributed by atoms with Crippen LogP contribution in [0.2, 0.25) is 0 Å². The second-order valence-electron chi connectivity index (χ2n) is 7.33. The van der Waals surface area contributed by atoms with Gasteiger partial charge in [0.1, 0.15) is 0 Å². The van der Waals surface area contributed by atoms with Crippen LogP contribution in [0.1, 0.15) is 31.8 Å². The van der Waals surface area contributed by atoms with Gasteiger partial charge in [-0.05, 0) is 6.07 Å². The number of aliphatic imine (C=N–C) groups is 2. The van der Waals surface area contributed by atoms with Crippen LogP contribution in [0.5, 0.6) is 0 Å². The number of nitrogens with two attached hydrogens (primary N) is 4. The quantitative estimate of drug-likeness (QED) is 0.0965. The molecule has 11 nitrogen and oxygen atoms in total. The van der Waals surface area contributed by atoms with Gasteiger partial charge in [0.2, 0.25) is 0 Å². The number of nitrogens with one attached hydrogen (secondary N) is 2. The summed E-state index contributed by atoms with van der Waals surface area (Å²) in [7, 11) is 0. The summed E-state index contributed by atoms with van der Waals surface area (Å²) in [5, 5.41) is 7.04. The molecule has 0 saturated heterocycles. The van der Waals surface area contributed by atoms with Crippen molar-refractivity contribution in [2.45, 2.75) is 0 Å². The van der Waals surface area contributed by atoms with Crippen molar-refractivity contribution in [1.29, 1.82) is 0 Å². The number of rotatable bonds is 8. The number of hydrogen-bond acceptors (Lipinski definition) is 7. The fourth-order valence-corrected chi connectivity index (χ4v) is 3.88. The second-order valence-corrected chi connectivity index (χ2v) is 7.33. The molecule has 0 aliphatic heterocycles. The predicted octanol–water partition coefficient (Wildman–Crippen LogP) is 0.579. The van der Waals surface area contributed by atoms with Crippen molar-refractivity contribution >= 4 is 45.8 Å². The molecule has 1 heterocycles. The number of furan rings is 1. The van der Waals surface area contributed by atoms with Crippen molar-refractivity contribution in [3.63, 3.8) is 0 Å². The summed E-state index contributed by atoms with van der Waals surface area (Å²) in [6, 6.07) is 8.47. The standard InChI is InChI=1S/C22H24N8O3/c23-21(24)29-8-6-27-16-13-5-10-33-20(13)17(28-7-9-30-22(25)26)15-14(16)18(31)11-3-1-2-4-12(11)19(15)32/h1-5,10,27-28H,6-9H2,(H4,23,24,29)(H4,25,26,30). The third-order valence-corrected chi connectivity index (χ3v) is 5.20. The van der Waals surface area contributed by atoms with Gasteiger partial charge in [-0.15, -0.1) is 0 Å². The molecular formula is C22H24N8O3. The van der Waals surface area contributed by atoms with E-state index in [4.69, 9.17) is 27.4 Å². The monoisotopic (exact) mass is 448 g/mol. The van der Waals surface area contributed by atoms with E-state index in [1.54, 1.807) is 30.3 Å². The minimum absolute atomic E-state index is 0.0345. The maximum Gasteiger partial charge on any atom is 0.196 e. The first kappa shape index (κ1) is 21.7. The smallest absolute Gasteiger partial charge is 0.196 e. The number of benzene rings is 2. The molecule has 0 radical (unpaired) electrons. The van der Waals surface area contributed by atoms with Gasteiger partial charge in [0.05, 0.1) is 41.9 Å². The first-order valence-electron chi connectivity index (χ1n) is 10.2. The van der Waals surface area contributed by atoms with E-state index in [0.717, 1.165) is 0 Å². The van der Waals surface area contributed by atoms with Gasteiger partial charge in [-0.2, -0.15) is 0 Å². The maximum absolute atomic E-state index is 13.6. The van der Waals surface area contributed by atoms with Gasteiger partial charge in [-0.3, -0.25) is 19.6 Å². The highest BCUT2D eigenvalue weighted by Gasteiger charge is 2.36. The summed E-state index contributed by atoms with van der Waals surface area (Å²) in [4.78, 5) is 35.1. The molecule has 0 atom stereocenters. The Morgan fingerprint density at radius 2 is 1.30 bits per heavy atom. The molecule has 2 aromatic carbocycles. The lowest BCUT2D eigenvalue weighted by Crippen LogP contribution is -2.26.